The quantitative estimate of drug-likeness (QED) is 0.626. The van der Waals surface area contributed by atoms with E-state index in [4.69, 9.17) is 20.4 Å². The van der Waals surface area contributed by atoms with Gasteiger partial charge in [-0.3, -0.25) is 0 Å². The van der Waals surface area contributed by atoms with E-state index in [9.17, 15) is 0 Å². The second-order valence-electron chi connectivity index (χ2n) is 5.93. The molecule has 1 rings (SSSR count). The molecule has 0 amide bonds. The Morgan fingerprint density at radius 2 is 1.87 bits per heavy atom. The molecule has 0 unspecified atom stereocenters. The predicted octanol–water partition coefficient (Wildman–Crippen LogP) is 1.13. The molecule has 82 valence electrons. The van der Waals surface area contributed by atoms with Crippen LogP contribution in [0.15, 0.2) is 0 Å². The molecule has 0 saturated carbocycles. The van der Waals surface area contributed by atoms with Crippen molar-refractivity contribution < 1.29 is 4.74 Å². The Morgan fingerprint density at radius 1 is 1.27 bits per heavy atom. The third-order valence-electron chi connectivity index (χ3n) is 2.66. The van der Waals surface area contributed by atoms with Crippen molar-refractivity contribution in [3.63, 3.8) is 0 Å². The Balaban J connectivity index is 2.50. The van der Waals surface area contributed by atoms with Crippen LogP contribution in [0.1, 0.15) is 34.1 Å². The van der Waals surface area contributed by atoms with Crippen molar-refractivity contribution in [2.75, 3.05) is 19.7 Å². The largest absolute Gasteiger partial charge is 0.376 e. The first-order valence-electron chi connectivity index (χ1n) is 5.63. The standard InChI is InChI=1S/C11H21B2NO/c1-10(2,3)7-9-8-14(5-6-15-9)11(4,12)13/h9H,5-8H2,1-4H3/t9-/m0/s1. The third kappa shape index (κ3) is 4.60. The molecule has 4 radical (unpaired) electrons. The highest BCUT2D eigenvalue weighted by Gasteiger charge is 2.29. The van der Waals surface area contributed by atoms with Crippen LogP contribution in [0.2, 0.25) is 0 Å². The minimum absolute atomic E-state index is 0.255. The van der Waals surface area contributed by atoms with Crippen LogP contribution in [0, 0.1) is 5.41 Å². The van der Waals surface area contributed by atoms with Crippen LogP contribution in [0.5, 0.6) is 0 Å². The molecule has 1 fully saturated rings. The minimum atomic E-state index is -0.722. The fraction of sp³-hybridized carbons (Fsp3) is 1.00. The van der Waals surface area contributed by atoms with Gasteiger partial charge in [-0.1, -0.05) is 33.0 Å². The van der Waals surface area contributed by atoms with Crippen LogP contribution in [-0.2, 0) is 4.74 Å². The molecule has 0 N–H and O–H groups in total. The minimum Gasteiger partial charge on any atom is -0.376 e. The number of hydrogen-bond donors (Lipinski definition) is 0. The summed E-state index contributed by atoms with van der Waals surface area (Å²) >= 11 is 0. The van der Waals surface area contributed by atoms with Gasteiger partial charge < -0.3 is 9.64 Å². The van der Waals surface area contributed by atoms with Gasteiger partial charge in [-0.15, -0.1) is 0 Å². The van der Waals surface area contributed by atoms with Crippen molar-refractivity contribution in [3.8, 4) is 0 Å². The number of nitrogens with zero attached hydrogens (tertiary/aromatic N) is 1. The van der Waals surface area contributed by atoms with E-state index < -0.39 is 5.34 Å². The fourth-order valence-electron chi connectivity index (χ4n) is 1.96. The first-order chi connectivity index (χ1) is 6.68. The monoisotopic (exact) mass is 205 g/mol. The van der Waals surface area contributed by atoms with Gasteiger partial charge in [0.25, 0.3) is 0 Å². The lowest BCUT2D eigenvalue weighted by molar-refractivity contribution is -0.0528. The van der Waals surface area contributed by atoms with Crippen LogP contribution >= 0.6 is 0 Å². The summed E-state index contributed by atoms with van der Waals surface area (Å²) < 4.78 is 5.73. The molecule has 0 aromatic rings. The maximum Gasteiger partial charge on any atom is 0.0820 e. The Labute approximate surface area is 96.6 Å². The molecule has 0 aromatic carbocycles. The molecule has 1 saturated heterocycles. The van der Waals surface area contributed by atoms with Crippen LogP contribution in [0.25, 0.3) is 0 Å². The molecule has 1 aliphatic heterocycles. The lowest BCUT2D eigenvalue weighted by atomic mass is 9.62. The first kappa shape index (κ1) is 13.1. The van der Waals surface area contributed by atoms with E-state index in [1.807, 2.05) is 6.92 Å². The number of rotatable bonds is 2. The Hall–Kier alpha value is 0.0499. The molecule has 0 spiro atoms. The van der Waals surface area contributed by atoms with Gasteiger partial charge in [0.05, 0.1) is 28.4 Å². The molecule has 2 nitrogen and oxygen atoms in total. The number of morpholine rings is 1. The summed E-state index contributed by atoms with van der Waals surface area (Å²) in [6.07, 6.45) is 1.30. The van der Waals surface area contributed by atoms with E-state index in [-0.39, 0.29) is 11.5 Å². The van der Waals surface area contributed by atoms with E-state index in [1.165, 1.54) is 0 Å². The van der Waals surface area contributed by atoms with Crippen molar-refractivity contribution in [1.82, 2.24) is 4.90 Å². The fourth-order valence-corrected chi connectivity index (χ4v) is 1.96. The van der Waals surface area contributed by atoms with Crippen molar-refractivity contribution in [2.24, 2.45) is 5.41 Å². The second-order valence-corrected chi connectivity index (χ2v) is 5.93. The Morgan fingerprint density at radius 3 is 2.33 bits per heavy atom. The normalized spacial score (nSPS) is 25.5. The van der Waals surface area contributed by atoms with Gasteiger partial charge >= 0.3 is 0 Å². The topological polar surface area (TPSA) is 12.5 Å². The molecular weight excluding hydrogens is 184 g/mol. The molecule has 1 aliphatic rings. The zero-order chi connectivity index (χ0) is 11.7. The van der Waals surface area contributed by atoms with Crippen LogP contribution in [-0.4, -0.2) is 51.7 Å². The van der Waals surface area contributed by atoms with E-state index >= 15 is 0 Å². The summed E-state index contributed by atoms with van der Waals surface area (Å²) in [5.41, 5.74) is 0.285. The van der Waals surface area contributed by atoms with Gasteiger partial charge in [0.1, 0.15) is 0 Å². The molecule has 0 aromatic heterocycles. The smallest absolute Gasteiger partial charge is 0.0820 e. The van der Waals surface area contributed by atoms with Crippen LogP contribution in [0.4, 0.5) is 0 Å². The zero-order valence-corrected chi connectivity index (χ0v) is 10.4. The van der Waals surface area contributed by atoms with E-state index in [0.717, 1.165) is 26.1 Å². The molecule has 0 aliphatic carbocycles. The summed E-state index contributed by atoms with van der Waals surface area (Å²) in [5, 5.41) is -0.722. The van der Waals surface area contributed by atoms with E-state index in [2.05, 4.69) is 25.7 Å². The Kier molecular flexibility index (Phi) is 3.94. The van der Waals surface area contributed by atoms with Crippen molar-refractivity contribution in [1.29, 1.82) is 0 Å². The SMILES string of the molecule is [B]C([B])(C)N1CCO[C@@H](CC(C)(C)C)C1. The van der Waals surface area contributed by atoms with Gasteiger partial charge in [0.2, 0.25) is 0 Å². The highest BCUT2D eigenvalue weighted by Crippen LogP contribution is 2.25. The zero-order valence-electron chi connectivity index (χ0n) is 10.4. The summed E-state index contributed by atoms with van der Waals surface area (Å²) in [7, 11) is 11.8. The number of hydrogen-bond acceptors (Lipinski definition) is 2. The van der Waals surface area contributed by atoms with Gasteiger partial charge in [0, 0.05) is 13.1 Å². The molecular formula is C11H21B2NO. The maximum atomic E-state index is 5.88. The lowest BCUT2D eigenvalue weighted by Gasteiger charge is -2.43. The highest BCUT2D eigenvalue weighted by molar-refractivity contribution is 6.39. The highest BCUT2D eigenvalue weighted by atomic mass is 16.5. The summed E-state index contributed by atoms with van der Waals surface area (Å²) in [5.74, 6) is 0. The van der Waals surface area contributed by atoms with Crippen LogP contribution in [0.3, 0.4) is 0 Å². The Bertz CT molecular complexity index is 208. The summed E-state index contributed by atoms with van der Waals surface area (Å²) in [4.78, 5) is 2.09. The van der Waals surface area contributed by atoms with Crippen molar-refractivity contribution >= 4 is 15.7 Å². The van der Waals surface area contributed by atoms with Crippen LogP contribution < -0.4 is 0 Å². The molecule has 4 heteroatoms. The van der Waals surface area contributed by atoms with Gasteiger partial charge in [-0.25, -0.2) is 0 Å². The molecule has 1 atom stereocenters. The molecule has 15 heavy (non-hydrogen) atoms. The third-order valence-corrected chi connectivity index (χ3v) is 2.66. The number of ether oxygens (including phenoxy) is 1. The average molecular weight is 205 g/mol. The molecule has 0 bridgehead atoms. The lowest BCUT2D eigenvalue weighted by Crippen LogP contribution is -2.55. The van der Waals surface area contributed by atoms with Gasteiger partial charge in [-0.05, 0) is 11.8 Å². The van der Waals surface area contributed by atoms with Gasteiger partial charge in [0.15, 0.2) is 0 Å². The van der Waals surface area contributed by atoms with Crippen molar-refractivity contribution in [3.05, 3.63) is 0 Å². The first-order valence-corrected chi connectivity index (χ1v) is 5.63. The maximum absolute atomic E-state index is 5.88. The summed E-state index contributed by atoms with van der Waals surface area (Å²) in [6, 6.07) is 0. The second kappa shape index (κ2) is 4.50. The van der Waals surface area contributed by atoms with E-state index in [1.54, 1.807) is 0 Å². The van der Waals surface area contributed by atoms with Gasteiger partial charge in [-0.2, -0.15) is 0 Å². The average Bonchev–Trinajstić information content (AvgIpc) is 1.99. The summed E-state index contributed by atoms with van der Waals surface area (Å²) in [6.45, 7) is 10.9. The van der Waals surface area contributed by atoms with Crippen molar-refractivity contribution in [2.45, 2.75) is 45.6 Å². The molecule has 1 heterocycles. The predicted molar refractivity (Wildman–Crippen MR) is 65.3 cm³/mol. The van der Waals surface area contributed by atoms with E-state index in [0.29, 0.717) is 0 Å².